The van der Waals surface area contributed by atoms with E-state index in [0.717, 1.165) is 0 Å². The Kier molecular flexibility index (Phi) is 6.66. The lowest BCUT2D eigenvalue weighted by molar-refractivity contribution is -0.0814. The summed E-state index contributed by atoms with van der Waals surface area (Å²) in [7, 11) is 1.48. The number of nitrogens with zero attached hydrogens (tertiary/aromatic N) is 3. The Labute approximate surface area is 201 Å². The number of anilines is 1. The Bertz CT molecular complexity index is 1200. The highest BCUT2D eigenvalue weighted by atomic mass is 79.9. The fourth-order valence-electron chi connectivity index (χ4n) is 2.92. The topological polar surface area (TPSA) is 107 Å². The van der Waals surface area contributed by atoms with Crippen molar-refractivity contribution in [3.8, 4) is 11.7 Å². The molecule has 3 heterocycles. The van der Waals surface area contributed by atoms with Gasteiger partial charge in [-0.1, -0.05) is 23.2 Å². The average molecular weight is 541 g/mol. The Balaban J connectivity index is 1.74. The number of carbonyl (C=O) groups is 2. The molecule has 1 fully saturated rings. The first-order valence-corrected chi connectivity index (χ1v) is 10.9. The first-order valence-electron chi connectivity index (χ1n) is 9.35. The van der Waals surface area contributed by atoms with E-state index in [4.69, 9.17) is 32.7 Å². The van der Waals surface area contributed by atoms with Crippen LogP contribution in [0.1, 0.15) is 20.8 Å². The van der Waals surface area contributed by atoms with Crippen molar-refractivity contribution in [3.63, 3.8) is 0 Å². The Morgan fingerprint density at radius 3 is 2.69 bits per heavy atom. The molecular formula is C20H16BrCl2N5O4. The summed E-state index contributed by atoms with van der Waals surface area (Å²) < 4.78 is 12.6. The number of rotatable bonds is 6. The van der Waals surface area contributed by atoms with E-state index < -0.39 is 11.8 Å². The zero-order valence-electron chi connectivity index (χ0n) is 16.6. The summed E-state index contributed by atoms with van der Waals surface area (Å²) in [6, 6.07) is 7.80. The van der Waals surface area contributed by atoms with Gasteiger partial charge >= 0.3 is 0 Å². The highest BCUT2D eigenvalue weighted by Gasteiger charge is 2.26. The van der Waals surface area contributed by atoms with Gasteiger partial charge in [-0.2, -0.15) is 0 Å². The molecule has 2 amide bonds. The third kappa shape index (κ3) is 4.58. The molecule has 2 aromatic heterocycles. The monoisotopic (exact) mass is 539 g/mol. The van der Waals surface area contributed by atoms with Gasteiger partial charge in [-0.3, -0.25) is 9.59 Å². The molecule has 0 bridgehead atoms. The summed E-state index contributed by atoms with van der Waals surface area (Å²) in [5.74, 6) is -0.515. The maximum atomic E-state index is 13.3. The molecule has 3 aromatic rings. The highest BCUT2D eigenvalue weighted by molar-refractivity contribution is 9.10. The van der Waals surface area contributed by atoms with Crippen LogP contribution in [0.15, 0.2) is 41.0 Å². The van der Waals surface area contributed by atoms with Gasteiger partial charge in [0.15, 0.2) is 5.82 Å². The number of hydrogen-bond acceptors (Lipinski definition) is 6. The number of aromatic nitrogens is 3. The van der Waals surface area contributed by atoms with Crippen LogP contribution in [-0.2, 0) is 4.74 Å². The number of nitrogens with one attached hydrogen (secondary N) is 2. The van der Waals surface area contributed by atoms with E-state index in [9.17, 15) is 9.59 Å². The molecule has 0 atom stereocenters. The minimum atomic E-state index is -0.563. The molecule has 0 unspecified atom stereocenters. The van der Waals surface area contributed by atoms with Gasteiger partial charge in [0, 0.05) is 28.8 Å². The van der Waals surface area contributed by atoms with E-state index in [1.165, 1.54) is 30.1 Å². The number of pyridine rings is 1. The van der Waals surface area contributed by atoms with E-state index >= 15 is 0 Å². The number of carbonyl (C=O) groups excluding carboxylic acids is 2. The molecule has 9 nitrogen and oxygen atoms in total. The normalized spacial score (nSPS) is 13.4. The zero-order valence-corrected chi connectivity index (χ0v) is 19.7. The van der Waals surface area contributed by atoms with E-state index in [1.54, 1.807) is 18.2 Å². The van der Waals surface area contributed by atoms with Crippen LogP contribution >= 0.6 is 39.1 Å². The second kappa shape index (κ2) is 9.45. The van der Waals surface area contributed by atoms with Crippen molar-refractivity contribution in [1.82, 2.24) is 20.1 Å². The maximum absolute atomic E-state index is 13.3. The first-order chi connectivity index (χ1) is 15.4. The smallest absolute Gasteiger partial charge is 0.274 e. The van der Waals surface area contributed by atoms with Gasteiger partial charge in [0.1, 0.15) is 11.8 Å². The second-order valence-corrected chi connectivity index (χ2v) is 8.41. The summed E-state index contributed by atoms with van der Waals surface area (Å²) >= 11 is 15.7. The van der Waals surface area contributed by atoms with Gasteiger partial charge in [0.25, 0.3) is 11.8 Å². The maximum Gasteiger partial charge on any atom is 0.274 e. The van der Waals surface area contributed by atoms with Crippen molar-refractivity contribution < 1.29 is 19.1 Å². The number of hydrogen-bond donors (Lipinski definition) is 2. The summed E-state index contributed by atoms with van der Waals surface area (Å²) in [5, 5.41) is 10.2. The van der Waals surface area contributed by atoms with Crippen LogP contribution in [0.2, 0.25) is 10.0 Å². The summed E-state index contributed by atoms with van der Waals surface area (Å²) in [5.41, 5.74) is 0.532. The van der Waals surface area contributed by atoms with Gasteiger partial charge in [0.2, 0.25) is 5.88 Å². The van der Waals surface area contributed by atoms with Crippen LogP contribution in [0.25, 0.3) is 5.82 Å². The molecule has 1 aliphatic rings. The SMILES string of the molecule is CNC(=O)c1cc(Cl)cc(Br)c1NC(=O)c1cc(OC2COC2)nn1-c1ncccc1Cl. The molecule has 1 aromatic carbocycles. The van der Waals surface area contributed by atoms with Crippen molar-refractivity contribution in [3.05, 3.63) is 62.3 Å². The summed E-state index contributed by atoms with van der Waals surface area (Å²) in [6.07, 6.45) is 1.38. The van der Waals surface area contributed by atoms with Crippen LogP contribution in [0.3, 0.4) is 0 Å². The Morgan fingerprint density at radius 1 is 1.25 bits per heavy atom. The quantitative estimate of drug-likeness (QED) is 0.493. The Morgan fingerprint density at radius 2 is 2.03 bits per heavy atom. The van der Waals surface area contributed by atoms with E-state index in [0.29, 0.717) is 27.7 Å². The third-order valence-electron chi connectivity index (χ3n) is 4.52. The van der Waals surface area contributed by atoms with Crippen molar-refractivity contribution >= 4 is 56.6 Å². The fraction of sp³-hybridized carbons (Fsp3) is 0.200. The molecule has 32 heavy (non-hydrogen) atoms. The van der Waals surface area contributed by atoms with Gasteiger partial charge in [-0.25, -0.2) is 9.67 Å². The fourth-order valence-corrected chi connectivity index (χ4v) is 4.03. The van der Waals surface area contributed by atoms with Crippen molar-refractivity contribution in [2.75, 3.05) is 25.6 Å². The largest absolute Gasteiger partial charge is 0.468 e. The van der Waals surface area contributed by atoms with Crippen molar-refractivity contribution in [2.45, 2.75) is 6.10 Å². The third-order valence-corrected chi connectivity index (χ3v) is 5.66. The lowest BCUT2D eigenvalue weighted by Crippen LogP contribution is -2.38. The molecule has 1 saturated heterocycles. The van der Waals surface area contributed by atoms with Crippen LogP contribution in [0, 0.1) is 0 Å². The van der Waals surface area contributed by atoms with Gasteiger partial charge in [-0.05, 0) is 40.2 Å². The van der Waals surface area contributed by atoms with Gasteiger partial charge in [-0.15, -0.1) is 5.10 Å². The molecule has 0 radical (unpaired) electrons. The molecule has 2 N–H and O–H groups in total. The van der Waals surface area contributed by atoms with Gasteiger partial charge < -0.3 is 20.1 Å². The summed E-state index contributed by atoms with van der Waals surface area (Å²) in [6.45, 7) is 0.873. The first kappa shape index (κ1) is 22.5. The van der Waals surface area contributed by atoms with Crippen molar-refractivity contribution in [2.24, 2.45) is 0 Å². The predicted octanol–water partition coefficient (Wildman–Crippen LogP) is 3.73. The van der Waals surface area contributed by atoms with Crippen LogP contribution in [0.4, 0.5) is 5.69 Å². The number of halogens is 3. The lowest BCUT2D eigenvalue weighted by atomic mass is 10.1. The average Bonchev–Trinajstić information content (AvgIpc) is 3.16. The second-order valence-electron chi connectivity index (χ2n) is 6.71. The highest BCUT2D eigenvalue weighted by Crippen LogP contribution is 2.32. The zero-order chi connectivity index (χ0) is 22.8. The molecule has 166 valence electrons. The number of benzene rings is 1. The van der Waals surface area contributed by atoms with E-state index in [-0.39, 0.29) is 34.7 Å². The minimum Gasteiger partial charge on any atom is -0.468 e. The van der Waals surface area contributed by atoms with E-state index in [2.05, 4.69) is 36.6 Å². The molecule has 0 saturated carbocycles. The van der Waals surface area contributed by atoms with Crippen LogP contribution < -0.4 is 15.4 Å². The molecular weight excluding hydrogens is 525 g/mol. The predicted molar refractivity (Wildman–Crippen MR) is 122 cm³/mol. The minimum absolute atomic E-state index is 0.102. The summed E-state index contributed by atoms with van der Waals surface area (Å²) in [4.78, 5) is 29.9. The molecule has 0 aliphatic carbocycles. The molecule has 4 rings (SSSR count). The van der Waals surface area contributed by atoms with Crippen LogP contribution in [0.5, 0.6) is 5.88 Å². The molecule has 0 spiro atoms. The number of ether oxygens (including phenoxy) is 2. The standard InChI is InChI=1S/C20H16BrCl2N5O4/c1-24-19(29)12-5-10(22)6-13(21)17(12)26-20(30)15-7-16(32-11-8-31-9-11)27-28(15)18-14(23)3-2-4-25-18/h2-7,11H,8-9H2,1H3,(H,24,29)(H,26,30). The molecule has 1 aliphatic heterocycles. The van der Waals surface area contributed by atoms with Crippen molar-refractivity contribution in [1.29, 1.82) is 0 Å². The molecule has 12 heteroatoms. The Hall–Kier alpha value is -2.66. The van der Waals surface area contributed by atoms with Crippen LogP contribution in [-0.4, -0.2) is 52.9 Å². The van der Waals surface area contributed by atoms with E-state index in [1.807, 2.05) is 0 Å². The number of amides is 2. The van der Waals surface area contributed by atoms with Gasteiger partial charge in [0.05, 0.1) is 29.5 Å². The lowest BCUT2D eigenvalue weighted by Gasteiger charge is -2.25.